The first-order chi connectivity index (χ1) is 8.31. The number of aryl methyl sites for hydroxylation is 1. The smallest absolute Gasteiger partial charge is 0.240 e. The maximum Gasteiger partial charge on any atom is 0.240 e. The lowest BCUT2D eigenvalue weighted by Crippen LogP contribution is -2.34. The second kappa shape index (κ2) is 6.12. The van der Waals surface area contributed by atoms with Gasteiger partial charge in [-0.2, -0.15) is 4.98 Å². The minimum absolute atomic E-state index is 0.315. The van der Waals surface area contributed by atoms with Crippen molar-refractivity contribution in [2.45, 2.75) is 39.2 Å². The molecule has 5 nitrogen and oxygen atoms in total. The van der Waals surface area contributed by atoms with Gasteiger partial charge in [0.15, 0.2) is 5.82 Å². The summed E-state index contributed by atoms with van der Waals surface area (Å²) in [6.45, 7) is 5.19. The highest BCUT2D eigenvalue weighted by Crippen LogP contribution is 2.17. The summed E-state index contributed by atoms with van der Waals surface area (Å²) < 4.78 is 5.22. The molecule has 0 aliphatic carbocycles. The number of hydrogen-bond acceptors (Lipinski definition) is 5. The third kappa shape index (κ3) is 3.51. The van der Waals surface area contributed by atoms with Crippen molar-refractivity contribution in [1.29, 1.82) is 0 Å². The summed E-state index contributed by atoms with van der Waals surface area (Å²) >= 11 is 0. The predicted molar refractivity (Wildman–Crippen MR) is 63.4 cm³/mol. The highest BCUT2D eigenvalue weighted by Gasteiger charge is 2.20. The van der Waals surface area contributed by atoms with Crippen LogP contribution in [-0.2, 0) is 13.0 Å². The van der Waals surface area contributed by atoms with Crippen LogP contribution in [0.2, 0.25) is 0 Å². The van der Waals surface area contributed by atoms with Gasteiger partial charge in [-0.3, -0.25) is 4.90 Å². The number of aliphatic hydroxyl groups excluding tert-OH is 1. The molecule has 1 N–H and O–H groups in total. The van der Waals surface area contributed by atoms with E-state index in [0.29, 0.717) is 12.5 Å². The maximum atomic E-state index is 9.07. The Labute approximate surface area is 102 Å². The van der Waals surface area contributed by atoms with E-state index < -0.39 is 0 Å². The van der Waals surface area contributed by atoms with E-state index >= 15 is 0 Å². The van der Waals surface area contributed by atoms with Gasteiger partial charge in [0, 0.05) is 13.0 Å². The Morgan fingerprint density at radius 2 is 2.18 bits per heavy atom. The Bertz CT molecular complexity index is 332. The quantitative estimate of drug-likeness (QED) is 0.837. The molecule has 1 aliphatic heterocycles. The molecule has 0 bridgehead atoms. The van der Waals surface area contributed by atoms with Gasteiger partial charge in [-0.1, -0.05) is 12.1 Å². The molecule has 17 heavy (non-hydrogen) atoms. The molecule has 1 aliphatic rings. The number of rotatable bonds is 5. The topological polar surface area (TPSA) is 62.4 Å². The third-order valence-electron chi connectivity index (χ3n) is 3.31. The third-order valence-corrected chi connectivity index (χ3v) is 3.31. The summed E-state index contributed by atoms with van der Waals surface area (Å²) in [5.74, 6) is 2.01. The molecule has 0 atom stereocenters. The fraction of sp³-hybridized carbons (Fsp3) is 0.833. The zero-order valence-corrected chi connectivity index (χ0v) is 10.4. The van der Waals surface area contributed by atoms with Crippen molar-refractivity contribution >= 4 is 0 Å². The second-order valence-electron chi connectivity index (χ2n) is 4.76. The Kier molecular flexibility index (Phi) is 4.50. The molecular formula is C12H21N3O2. The van der Waals surface area contributed by atoms with Crippen molar-refractivity contribution in [3.8, 4) is 0 Å². The van der Waals surface area contributed by atoms with Crippen LogP contribution in [-0.4, -0.2) is 39.8 Å². The number of nitrogens with zero attached hydrogens (tertiary/aromatic N) is 3. The van der Waals surface area contributed by atoms with Crippen LogP contribution in [0.15, 0.2) is 4.52 Å². The summed E-state index contributed by atoms with van der Waals surface area (Å²) in [6, 6.07) is 0. The molecule has 0 radical (unpaired) electrons. The first-order valence-corrected chi connectivity index (χ1v) is 6.46. The predicted octanol–water partition coefficient (Wildman–Crippen LogP) is 1.23. The van der Waals surface area contributed by atoms with Gasteiger partial charge < -0.3 is 9.63 Å². The van der Waals surface area contributed by atoms with E-state index in [-0.39, 0.29) is 0 Å². The first kappa shape index (κ1) is 12.5. The van der Waals surface area contributed by atoms with Gasteiger partial charge in [0.05, 0.1) is 6.54 Å². The van der Waals surface area contributed by atoms with Crippen LogP contribution in [0.3, 0.4) is 0 Å². The number of piperidine rings is 1. The van der Waals surface area contributed by atoms with E-state index in [1.807, 2.05) is 0 Å². The molecule has 1 aromatic rings. The van der Waals surface area contributed by atoms with Crippen molar-refractivity contribution in [3.05, 3.63) is 11.7 Å². The van der Waals surface area contributed by atoms with Gasteiger partial charge in [0.25, 0.3) is 0 Å². The number of likely N-dealkylation sites (tertiary alicyclic amines) is 1. The van der Waals surface area contributed by atoms with Crippen LogP contribution in [0.1, 0.15) is 37.9 Å². The summed E-state index contributed by atoms with van der Waals surface area (Å²) in [7, 11) is 0. The van der Waals surface area contributed by atoms with Crippen molar-refractivity contribution < 1.29 is 9.63 Å². The first-order valence-electron chi connectivity index (χ1n) is 6.46. The van der Waals surface area contributed by atoms with E-state index in [9.17, 15) is 0 Å². The minimum Gasteiger partial charge on any atom is -0.396 e. The summed E-state index contributed by atoms with van der Waals surface area (Å²) in [4.78, 5) is 6.68. The van der Waals surface area contributed by atoms with Gasteiger partial charge in [0.2, 0.25) is 5.89 Å². The van der Waals surface area contributed by atoms with E-state index in [0.717, 1.165) is 57.0 Å². The monoisotopic (exact) mass is 239 g/mol. The number of hydrogen-bond donors (Lipinski definition) is 1. The lowest BCUT2D eigenvalue weighted by molar-refractivity contribution is 0.119. The maximum absolute atomic E-state index is 9.07. The minimum atomic E-state index is 0.315. The van der Waals surface area contributed by atoms with Crippen LogP contribution in [0.5, 0.6) is 0 Å². The molecule has 0 unspecified atom stereocenters. The van der Waals surface area contributed by atoms with Crippen LogP contribution in [0, 0.1) is 5.92 Å². The molecule has 0 spiro atoms. The number of aromatic nitrogens is 2. The molecule has 96 valence electrons. The van der Waals surface area contributed by atoms with Crippen molar-refractivity contribution in [3.63, 3.8) is 0 Å². The highest BCUT2D eigenvalue weighted by molar-refractivity contribution is 4.87. The molecule has 2 rings (SSSR count). The molecule has 0 amide bonds. The van der Waals surface area contributed by atoms with Gasteiger partial charge in [-0.05, 0) is 38.3 Å². The highest BCUT2D eigenvalue weighted by atomic mass is 16.5. The van der Waals surface area contributed by atoms with Gasteiger partial charge in [-0.25, -0.2) is 0 Å². The summed E-state index contributed by atoms with van der Waals surface area (Å²) in [5.41, 5.74) is 0. The molecule has 2 heterocycles. The lowest BCUT2D eigenvalue weighted by atomic mass is 9.98. The average Bonchev–Trinajstić information content (AvgIpc) is 2.78. The van der Waals surface area contributed by atoms with E-state index in [1.54, 1.807) is 0 Å². The normalized spacial score (nSPS) is 18.7. The van der Waals surface area contributed by atoms with Gasteiger partial charge >= 0.3 is 0 Å². The Hall–Kier alpha value is -0.940. The van der Waals surface area contributed by atoms with E-state index in [2.05, 4.69) is 22.0 Å². The molecule has 1 fully saturated rings. The van der Waals surface area contributed by atoms with Crippen molar-refractivity contribution in [2.24, 2.45) is 5.92 Å². The van der Waals surface area contributed by atoms with Gasteiger partial charge in [-0.15, -0.1) is 0 Å². The molecule has 0 saturated carbocycles. The Morgan fingerprint density at radius 3 is 2.82 bits per heavy atom. The van der Waals surface area contributed by atoms with E-state index in [4.69, 9.17) is 9.63 Å². The number of aliphatic hydroxyl groups is 1. The summed E-state index contributed by atoms with van der Waals surface area (Å²) in [6.07, 6.45) is 4.05. The van der Waals surface area contributed by atoms with Crippen LogP contribution < -0.4 is 0 Å². The molecule has 0 aromatic carbocycles. The average molecular weight is 239 g/mol. The Balaban J connectivity index is 1.80. The molecule has 1 saturated heterocycles. The largest absolute Gasteiger partial charge is 0.396 e. The van der Waals surface area contributed by atoms with Crippen LogP contribution >= 0.6 is 0 Å². The van der Waals surface area contributed by atoms with Crippen molar-refractivity contribution in [1.82, 2.24) is 15.0 Å². The Morgan fingerprint density at radius 1 is 1.41 bits per heavy atom. The second-order valence-corrected chi connectivity index (χ2v) is 4.76. The van der Waals surface area contributed by atoms with Crippen molar-refractivity contribution in [2.75, 3.05) is 19.7 Å². The van der Waals surface area contributed by atoms with E-state index in [1.165, 1.54) is 0 Å². The zero-order valence-electron chi connectivity index (χ0n) is 10.4. The fourth-order valence-corrected chi connectivity index (χ4v) is 2.20. The zero-order chi connectivity index (χ0) is 12.1. The lowest BCUT2D eigenvalue weighted by Gasteiger charge is -2.29. The standard InChI is InChI=1S/C12H21N3O2/c1-2-3-11-13-12(17-14-11)8-15-6-4-10(9-16)5-7-15/h10,16H,2-9H2,1H3. The summed E-state index contributed by atoms with van der Waals surface area (Å²) in [5, 5.41) is 13.0. The van der Waals surface area contributed by atoms with Crippen LogP contribution in [0.4, 0.5) is 0 Å². The van der Waals surface area contributed by atoms with Crippen LogP contribution in [0.25, 0.3) is 0 Å². The molecule has 5 heteroatoms. The SMILES string of the molecule is CCCc1noc(CN2CCC(CO)CC2)n1. The van der Waals surface area contributed by atoms with Gasteiger partial charge in [0.1, 0.15) is 0 Å². The molecular weight excluding hydrogens is 218 g/mol. The fourth-order valence-electron chi connectivity index (χ4n) is 2.20. The molecule has 1 aromatic heterocycles.